The first-order chi connectivity index (χ1) is 10.1. The van der Waals surface area contributed by atoms with Gasteiger partial charge in [-0.2, -0.15) is 0 Å². The van der Waals surface area contributed by atoms with Gasteiger partial charge >= 0.3 is 5.91 Å². The molecule has 0 fully saturated rings. The van der Waals surface area contributed by atoms with Gasteiger partial charge < -0.3 is 4.42 Å². The van der Waals surface area contributed by atoms with Crippen molar-refractivity contribution in [2.24, 2.45) is 0 Å². The third kappa shape index (κ3) is 3.39. The Morgan fingerprint density at radius 2 is 1.90 bits per heavy atom. The molecule has 0 saturated heterocycles. The van der Waals surface area contributed by atoms with Crippen LogP contribution in [0.3, 0.4) is 0 Å². The summed E-state index contributed by atoms with van der Waals surface area (Å²) in [5, 5.41) is 0.877. The van der Waals surface area contributed by atoms with Crippen LogP contribution in [0.15, 0.2) is 53.0 Å². The lowest BCUT2D eigenvalue weighted by Crippen LogP contribution is -2.40. The molecule has 5 nitrogen and oxygen atoms in total. The number of allylic oxidation sites excluding steroid dienone is 3. The topological polar surface area (TPSA) is 71.3 Å². The summed E-state index contributed by atoms with van der Waals surface area (Å²) in [6.07, 6.45) is 6.39. The van der Waals surface area contributed by atoms with Crippen LogP contribution in [0.25, 0.3) is 11.0 Å². The largest absolute Gasteiger partial charge is 0.451 e. The maximum atomic E-state index is 12.0. The minimum Gasteiger partial charge on any atom is -0.451 e. The van der Waals surface area contributed by atoms with Crippen LogP contribution < -0.4 is 10.9 Å². The Bertz CT molecular complexity index is 726. The highest BCUT2D eigenvalue weighted by Crippen LogP contribution is 2.24. The van der Waals surface area contributed by atoms with Crippen molar-refractivity contribution < 1.29 is 14.0 Å². The van der Waals surface area contributed by atoms with E-state index in [1.54, 1.807) is 31.2 Å². The minimum atomic E-state index is -0.489. The van der Waals surface area contributed by atoms with Crippen LogP contribution in [0.4, 0.5) is 0 Å². The lowest BCUT2D eigenvalue weighted by molar-refractivity contribution is -0.117. The van der Waals surface area contributed by atoms with Gasteiger partial charge in [-0.25, -0.2) is 0 Å². The molecule has 0 spiro atoms. The van der Waals surface area contributed by atoms with Crippen molar-refractivity contribution in [3.05, 3.63) is 59.9 Å². The second-order valence-corrected chi connectivity index (χ2v) is 4.38. The normalized spacial score (nSPS) is 11.3. The van der Waals surface area contributed by atoms with E-state index in [9.17, 15) is 9.59 Å². The second-order valence-electron chi connectivity index (χ2n) is 4.38. The summed E-state index contributed by atoms with van der Waals surface area (Å²) in [7, 11) is 0. The number of fused-ring (bicyclic) bond motifs is 1. The summed E-state index contributed by atoms with van der Waals surface area (Å²) < 4.78 is 5.50. The quantitative estimate of drug-likeness (QED) is 0.517. The maximum Gasteiger partial charge on any atom is 0.305 e. The smallest absolute Gasteiger partial charge is 0.305 e. The average molecular weight is 284 g/mol. The Hall–Kier alpha value is -2.82. The number of benzene rings is 1. The third-order valence-corrected chi connectivity index (χ3v) is 2.90. The van der Waals surface area contributed by atoms with Crippen LogP contribution in [0.2, 0.25) is 0 Å². The summed E-state index contributed by atoms with van der Waals surface area (Å²) in [6, 6.07) is 7.38. The highest BCUT2D eigenvalue weighted by molar-refractivity contribution is 6.00. The number of carbonyl (C=O) groups excluding carboxylic acids is 2. The summed E-state index contributed by atoms with van der Waals surface area (Å²) in [5.74, 6) is -0.722. The van der Waals surface area contributed by atoms with Crippen LogP contribution in [0, 0.1) is 6.92 Å². The number of amides is 2. The van der Waals surface area contributed by atoms with Gasteiger partial charge in [0.1, 0.15) is 5.58 Å². The lowest BCUT2D eigenvalue weighted by atomic mass is 10.1. The fourth-order valence-corrected chi connectivity index (χ4v) is 1.86. The van der Waals surface area contributed by atoms with Crippen molar-refractivity contribution in [3.8, 4) is 0 Å². The molecule has 2 N–H and O–H groups in total. The number of hydrogen-bond acceptors (Lipinski definition) is 3. The van der Waals surface area contributed by atoms with E-state index in [4.69, 9.17) is 4.42 Å². The molecule has 108 valence electrons. The second kappa shape index (κ2) is 6.56. The first-order valence-corrected chi connectivity index (χ1v) is 6.51. The van der Waals surface area contributed by atoms with E-state index in [0.717, 1.165) is 10.9 Å². The molecule has 2 rings (SSSR count). The fourth-order valence-electron chi connectivity index (χ4n) is 1.86. The average Bonchev–Trinajstić information content (AvgIpc) is 2.83. The molecular formula is C16H16N2O3. The zero-order valence-electron chi connectivity index (χ0n) is 11.8. The van der Waals surface area contributed by atoms with Gasteiger partial charge in [-0.1, -0.05) is 36.4 Å². The molecule has 5 heteroatoms. The molecule has 2 amide bonds. The summed E-state index contributed by atoms with van der Waals surface area (Å²) >= 11 is 0. The molecule has 1 aromatic heterocycles. The molecule has 1 heterocycles. The highest BCUT2D eigenvalue weighted by atomic mass is 16.3. The van der Waals surface area contributed by atoms with Gasteiger partial charge in [0.25, 0.3) is 5.91 Å². The van der Waals surface area contributed by atoms with Crippen LogP contribution in [-0.4, -0.2) is 11.8 Å². The number of hydrogen-bond donors (Lipinski definition) is 2. The number of hydrazine groups is 1. The zero-order chi connectivity index (χ0) is 15.2. The maximum absolute atomic E-state index is 12.0. The van der Waals surface area contributed by atoms with Gasteiger partial charge in [0, 0.05) is 17.0 Å². The third-order valence-electron chi connectivity index (χ3n) is 2.90. The Morgan fingerprint density at radius 1 is 1.14 bits per heavy atom. The fraction of sp³-hybridized carbons (Fsp3) is 0.125. The molecule has 0 radical (unpaired) electrons. The summed E-state index contributed by atoms with van der Waals surface area (Å²) in [5.41, 5.74) is 5.99. The SMILES string of the molecule is C/C=C/C=C/C(=O)NNC(=O)c1oc2ccccc2c1C. The molecule has 2 aromatic rings. The molecule has 0 atom stereocenters. The molecule has 0 bridgehead atoms. The van der Waals surface area contributed by atoms with Crippen LogP contribution >= 0.6 is 0 Å². The number of carbonyl (C=O) groups is 2. The molecule has 0 saturated carbocycles. The number of nitrogens with one attached hydrogen (secondary N) is 2. The predicted octanol–water partition coefficient (Wildman–Crippen LogP) is 2.63. The van der Waals surface area contributed by atoms with Crippen molar-refractivity contribution in [2.75, 3.05) is 0 Å². The molecular weight excluding hydrogens is 268 g/mol. The number of furan rings is 1. The van der Waals surface area contributed by atoms with Gasteiger partial charge in [0.05, 0.1) is 0 Å². The summed E-state index contributed by atoms with van der Waals surface area (Å²) in [4.78, 5) is 23.4. The van der Waals surface area contributed by atoms with Crippen LogP contribution in [-0.2, 0) is 4.79 Å². The Balaban J connectivity index is 2.06. The molecule has 1 aromatic carbocycles. The summed E-state index contributed by atoms with van der Waals surface area (Å²) in [6.45, 7) is 3.64. The molecule has 0 aliphatic heterocycles. The van der Waals surface area contributed by atoms with E-state index in [-0.39, 0.29) is 5.76 Å². The van der Waals surface area contributed by atoms with E-state index in [0.29, 0.717) is 5.58 Å². The zero-order valence-corrected chi connectivity index (χ0v) is 11.8. The number of rotatable bonds is 3. The molecule has 0 unspecified atom stereocenters. The minimum absolute atomic E-state index is 0.189. The van der Waals surface area contributed by atoms with Crippen molar-refractivity contribution in [1.82, 2.24) is 10.9 Å². The first kappa shape index (κ1) is 14.6. The van der Waals surface area contributed by atoms with Crippen molar-refractivity contribution in [1.29, 1.82) is 0 Å². The van der Waals surface area contributed by atoms with E-state index in [1.165, 1.54) is 6.08 Å². The van der Waals surface area contributed by atoms with Crippen molar-refractivity contribution >= 4 is 22.8 Å². The number of aryl methyl sites for hydroxylation is 1. The van der Waals surface area contributed by atoms with Gasteiger partial charge in [-0.15, -0.1) is 0 Å². The highest BCUT2D eigenvalue weighted by Gasteiger charge is 2.17. The van der Waals surface area contributed by atoms with E-state index in [1.807, 2.05) is 25.1 Å². The van der Waals surface area contributed by atoms with Gasteiger partial charge in [-0.05, 0) is 19.9 Å². The molecule has 0 aliphatic rings. The van der Waals surface area contributed by atoms with Gasteiger partial charge in [-0.3, -0.25) is 20.4 Å². The van der Waals surface area contributed by atoms with Crippen molar-refractivity contribution in [2.45, 2.75) is 13.8 Å². The number of para-hydroxylation sites is 1. The molecule has 0 aliphatic carbocycles. The lowest BCUT2D eigenvalue weighted by Gasteiger charge is -2.03. The van der Waals surface area contributed by atoms with E-state index in [2.05, 4.69) is 10.9 Å². The molecule has 21 heavy (non-hydrogen) atoms. The van der Waals surface area contributed by atoms with E-state index < -0.39 is 11.8 Å². The van der Waals surface area contributed by atoms with Crippen LogP contribution in [0.1, 0.15) is 23.0 Å². The monoisotopic (exact) mass is 284 g/mol. The Kier molecular flexibility index (Phi) is 4.56. The Labute approximate surface area is 122 Å². The predicted molar refractivity (Wildman–Crippen MR) is 80.5 cm³/mol. The van der Waals surface area contributed by atoms with Gasteiger partial charge in [0.15, 0.2) is 5.76 Å². The standard InChI is InChI=1S/C16H16N2O3/c1-3-4-5-10-14(19)17-18-16(20)15-11(2)12-8-6-7-9-13(12)21-15/h3-10H,1-2H3,(H,17,19)(H,18,20)/b4-3+,10-5+. The van der Waals surface area contributed by atoms with Crippen molar-refractivity contribution in [3.63, 3.8) is 0 Å². The van der Waals surface area contributed by atoms with E-state index >= 15 is 0 Å². The Morgan fingerprint density at radius 3 is 2.62 bits per heavy atom. The van der Waals surface area contributed by atoms with Gasteiger partial charge in [0.2, 0.25) is 0 Å². The first-order valence-electron chi connectivity index (χ1n) is 6.51. The van der Waals surface area contributed by atoms with Crippen LogP contribution in [0.5, 0.6) is 0 Å².